The summed E-state index contributed by atoms with van der Waals surface area (Å²) in [5, 5.41) is 7.91. The van der Waals surface area contributed by atoms with Gasteiger partial charge in [-0.3, -0.25) is 4.89 Å². The van der Waals surface area contributed by atoms with Crippen molar-refractivity contribution in [2.45, 2.75) is 19.8 Å². The maximum absolute atomic E-state index is 10.3. The van der Waals surface area contributed by atoms with Gasteiger partial charge in [-0.2, -0.15) is 4.89 Å². The third-order valence-electron chi connectivity index (χ3n) is 0.879. The van der Waals surface area contributed by atoms with Crippen molar-refractivity contribution in [2.24, 2.45) is 0 Å². The van der Waals surface area contributed by atoms with Gasteiger partial charge in [-0.25, -0.2) is 9.59 Å². The minimum atomic E-state index is -1.72. The summed E-state index contributed by atoms with van der Waals surface area (Å²) in [7, 11) is 0. The van der Waals surface area contributed by atoms with Gasteiger partial charge in [0.2, 0.25) is 0 Å². The summed E-state index contributed by atoms with van der Waals surface area (Å²) >= 11 is 0. The average Bonchev–Trinajstić information content (AvgIpc) is 1.97. The zero-order valence-electron chi connectivity index (χ0n) is 6.61. The van der Waals surface area contributed by atoms with Gasteiger partial charge in [0.15, 0.2) is 0 Å². The Bertz CT molecular complexity index is 154. The highest BCUT2D eigenvalue weighted by Crippen LogP contribution is 1.91. The second-order valence-electron chi connectivity index (χ2n) is 1.88. The number of ether oxygens (including phenoxy) is 1. The van der Waals surface area contributed by atoms with Crippen molar-refractivity contribution in [1.29, 1.82) is 0 Å². The highest BCUT2D eigenvalue weighted by molar-refractivity contribution is 5.75. The van der Waals surface area contributed by atoms with E-state index in [4.69, 9.17) is 5.11 Å². The van der Waals surface area contributed by atoms with Gasteiger partial charge < -0.3 is 9.84 Å². The van der Waals surface area contributed by atoms with Crippen LogP contribution in [-0.4, -0.2) is 24.0 Å². The Kier molecular flexibility index (Phi) is 5.72. The first kappa shape index (κ1) is 10.7. The van der Waals surface area contributed by atoms with E-state index in [-0.39, 0.29) is 6.61 Å². The number of hydrogen-bond donors (Lipinski definition) is 1. The van der Waals surface area contributed by atoms with Crippen LogP contribution in [0.3, 0.4) is 0 Å². The van der Waals surface area contributed by atoms with Crippen LogP contribution in [0.4, 0.5) is 9.59 Å². The molecule has 0 saturated carbocycles. The van der Waals surface area contributed by atoms with Gasteiger partial charge in [0.05, 0.1) is 6.61 Å². The summed E-state index contributed by atoms with van der Waals surface area (Å²) in [5.74, 6) is 0. The molecule has 0 bridgehead atoms. The lowest BCUT2D eigenvalue weighted by Gasteiger charge is -1.99. The van der Waals surface area contributed by atoms with Gasteiger partial charge in [0.25, 0.3) is 0 Å². The smallest absolute Gasteiger partial charge is 0.449 e. The SMILES string of the molecule is CCCCOOC(=O)OC(=O)O. The fourth-order valence-electron chi connectivity index (χ4n) is 0.381. The van der Waals surface area contributed by atoms with E-state index in [0.29, 0.717) is 0 Å². The quantitative estimate of drug-likeness (QED) is 0.231. The van der Waals surface area contributed by atoms with Crippen LogP contribution in [0.1, 0.15) is 19.8 Å². The number of carbonyl (C=O) groups is 2. The second kappa shape index (κ2) is 6.41. The molecule has 0 amide bonds. The van der Waals surface area contributed by atoms with Gasteiger partial charge in [-0.15, -0.1) is 0 Å². The Morgan fingerprint density at radius 3 is 2.58 bits per heavy atom. The second-order valence-corrected chi connectivity index (χ2v) is 1.88. The average molecular weight is 178 g/mol. The van der Waals surface area contributed by atoms with Crippen LogP contribution in [0, 0.1) is 0 Å². The molecule has 0 aromatic heterocycles. The maximum Gasteiger partial charge on any atom is 0.550 e. The summed E-state index contributed by atoms with van der Waals surface area (Å²) in [6.07, 6.45) is -1.49. The number of rotatable bonds is 4. The van der Waals surface area contributed by atoms with Gasteiger partial charge in [-0.05, 0) is 6.42 Å². The van der Waals surface area contributed by atoms with Gasteiger partial charge >= 0.3 is 12.3 Å². The van der Waals surface area contributed by atoms with Crippen LogP contribution in [-0.2, 0) is 14.5 Å². The molecule has 12 heavy (non-hydrogen) atoms. The Labute approximate surface area is 69.0 Å². The van der Waals surface area contributed by atoms with Crippen molar-refractivity contribution < 1.29 is 29.2 Å². The molecular weight excluding hydrogens is 168 g/mol. The van der Waals surface area contributed by atoms with Crippen LogP contribution in [0.2, 0.25) is 0 Å². The zero-order valence-corrected chi connectivity index (χ0v) is 6.61. The molecule has 0 saturated heterocycles. The lowest BCUT2D eigenvalue weighted by atomic mass is 10.4. The number of carboxylic acid groups (broad SMARTS) is 1. The summed E-state index contributed by atoms with van der Waals surface area (Å²) in [5.41, 5.74) is 0. The lowest BCUT2D eigenvalue weighted by Crippen LogP contribution is -2.12. The van der Waals surface area contributed by atoms with E-state index >= 15 is 0 Å². The fraction of sp³-hybridized carbons (Fsp3) is 0.667. The Balaban J connectivity index is 3.26. The minimum Gasteiger partial charge on any atom is -0.449 e. The summed E-state index contributed by atoms with van der Waals surface area (Å²) in [6.45, 7) is 2.16. The van der Waals surface area contributed by atoms with Crippen molar-refractivity contribution in [1.82, 2.24) is 0 Å². The first-order valence-corrected chi connectivity index (χ1v) is 3.41. The molecular formula is C6H10O6. The molecule has 0 unspecified atom stereocenters. The normalized spacial score (nSPS) is 9.08. The number of carbonyl (C=O) groups excluding carboxylic acids is 1. The number of unbranched alkanes of at least 4 members (excludes halogenated alkanes) is 1. The van der Waals surface area contributed by atoms with Gasteiger partial charge in [-0.1, -0.05) is 13.3 Å². The fourth-order valence-corrected chi connectivity index (χ4v) is 0.381. The highest BCUT2D eigenvalue weighted by atomic mass is 17.2. The molecule has 6 nitrogen and oxygen atoms in total. The summed E-state index contributed by atoms with van der Waals surface area (Å²) in [4.78, 5) is 28.2. The van der Waals surface area contributed by atoms with E-state index in [1.165, 1.54) is 0 Å². The Morgan fingerprint density at radius 1 is 1.42 bits per heavy atom. The van der Waals surface area contributed by atoms with Crippen molar-refractivity contribution >= 4 is 12.3 Å². The van der Waals surface area contributed by atoms with E-state index < -0.39 is 12.3 Å². The maximum atomic E-state index is 10.3. The molecule has 1 N–H and O–H groups in total. The van der Waals surface area contributed by atoms with Gasteiger partial charge in [0, 0.05) is 0 Å². The van der Waals surface area contributed by atoms with Crippen LogP contribution in [0.25, 0.3) is 0 Å². The molecule has 0 aliphatic heterocycles. The third kappa shape index (κ3) is 6.81. The van der Waals surface area contributed by atoms with Crippen LogP contribution in [0.15, 0.2) is 0 Å². The summed E-state index contributed by atoms with van der Waals surface area (Å²) < 4.78 is 3.56. The van der Waals surface area contributed by atoms with Gasteiger partial charge in [0.1, 0.15) is 0 Å². The molecule has 0 aromatic carbocycles. The summed E-state index contributed by atoms with van der Waals surface area (Å²) in [6, 6.07) is 0. The zero-order chi connectivity index (χ0) is 9.40. The van der Waals surface area contributed by atoms with Crippen LogP contribution < -0.4 is 0 Å². The minimum absolute atomic E-state index is 0.227. The van der Waals surface area contributed by atoms with E-state index in [2.05, 4.69) is 14.5 Å². The predicted octanol–water partition coefficient (Wildman–Crippen LogP) is 1.55. The molecule has 0 atom stereocenters. The van der Waals surface area contributed by atoms with E-state index in [1.807, 2.05) is 6.92 Å². The molecule has 0 fully saturated rings. The molecule has 0 aliphatic rings. The Morgan fingerprint density at radius 2 is 2.08 bits per heavy atom. The van der Waals surface area contributed by atoms with Crippen molar-refractivity contribution in [3.63, 3.8) is 0 Å². The molecule has 0 aliphatic carbocycles. The van der Waals surface area contributed by atoms with E-state index in [1.54, 1.807) is 0 Å². The largest absolute Gasteiger partial charge is 0.550 e. The van der Waals surface area contributed by atoms with Crippen LogP contribution >= 0.6 is 0 Å². The van der Waals surface area contributed by atoms with Crippen molar-refractivity contribution in [3.8, 4) is 0 Å². The third-order valence-corrected chi connectivity index (χ3v) is 0.879. The first-order valence-electron chi connectivity index (χ1n) is 3.41. The first-order chi connectivity index (χ1) is 5.66. The molecule has 0 aromatic rings. The van der Waals surface area contributed by atoms with Crippen molar-refractivity contribution in [3.05, 3.63) is 0 Å². The highest BCUT2D eigenvalue weighted by Gasteiger charge is 2.09. The van der Waals surface area contributed by atoms with E-state index in [9.17, 15) is 9.59 Å². The predicted molar refractivity (Wildman–Crippen MR) is 36.5 cm³/mol. The monoisotopic (exact) mass is 178 g/mol. The molecule has 6 heteroatoms. The molecule has 0 spiro atoms. The van der Waals surface area contributed by atoms with E-state index in [0.717, 1.165) is 12.8 Å². The standard InChI is InChI=1S/C6H10O6/c1-2-3-4-10-12-6(9)11-5(7)8/h2-4H2,1H3,(H,7,8). The molecule has 70 valence electrons. The van der Waals surface area contributed by atoms with Crippen LogP contribution in [0.5, 0.6) is 0 Å². The lowest BCUT2D eigenvalue weighted by molar-refractivity contribution is -0.251. The van der Waals surface area contributed by atoms with Crippen molar-refractivity contribution in [2.75, 3.05) is 6.61 Å². The Hall–Kier alpha value is -1.30. The number of hydrogen-bond acceptors (Lipinski definition) is 5. The topological polar surface area (TPSA) is 82.1 Å². The molecule has 0 rings (SSSR count). The molecule has 0 radical (unpaired) electrons. The molecule has 0 heterocycles.